The third kappa shape index (κ3) is 3.49. The molecule has 2 aliphatic carbocycles. The van der Waals surface area contributed by atoms with Crippen molar-refractivity contribution in [3.63, 3.8) is 0 Å². The maximum atomic E-state index is 13.5. The van der Waals surface area contributed by atoms with Crippen molar-refractivity contribution in [1.29, 1.82) is 0 Å². The lowest BCUT2D eigenvalue weighted by Gasteiger charge is -2.38. The van der Waals surface area contributed by atoms with E-state index >= 15 is 0 Å². The molecule has 10 nitrogen and oxygen atoms in total. The van der Waals surface area contributed by atoms with Crippen molar-refractivity contribution in [1.82, 2.24) is 0 Å². The zero-order chi connectivity index (χ0) is 25.2. The number of hydrogen-bond donors (Lipinski definition) is 5. The fourth-order valence-electron chi connectivity index (χ4n) is 5.05. The summed E-state index contributed by atoms with van der Waals surface area (Å²) >= 11 is 0. The number of aliphatic hydroxyl groups is 2. The van der Waals surface area contributed by atoms with E-state index in [-0.39, 0.29) is 57.7 Å². The Balaban J connectivity index is 1.64. The molecule has 1 aliphatic heterocycles. The second-order valence-corrected chi connectivity index (χ2v) is 8.94. The quantitative estimate of drug-likeness (QED) is 0.348. The van der Waals surface area contributed by atoms with Gasteiger partial charge >= 0.3 is 0 Å². The monoisotopic (exact) mass is 483 g/mol. The molecule has 2 aromatic rings. The number of methoxy groups -OCH3 is 1. The zero-order valence-corrected chi connectivity index (χ0v) is 19.0. The SMILES string of the molecule is COc1cccc2c1C(=O)c1c(O)c3c(c(O)c1C2=O)C=C(O)CC3O[C@H]1C[C@H](N)[C@H](O)[C@H](C)O1. The van der Waals surface area contributed by atoms with Gasteiger partial charge in [0.05, 0.1) is 47.9 Å². The van der Waals surface area contributed by atoms with Crippen LogP contribution >= 0.6 is 0 Å². The number of phenolic OH excluding ortho intramolecular Hbond substituents is 2. The molecule has 5 rings (SSSR count). The van der Waals surface area contributed by atoms with Gasteiger partial charge in [-0.25, -0.2) is 0 Å². The number of nitrogens with two attached hydrogens (primary N) is 1. The largest absolute Gasteiger partial charge is 0.512 e. The Hall–Kier alpha value is -3.44. The standard InChI is InChI=1S/C25H25NO9/c1-9-21(28)13(26)8-16(34-9)35-15-7-10(27)6-12-18(15)25(32)20-19(23(12)30)22(29)11-4-3-5-14(33-2)17(11)24(20)31/h3-6,9,13,15-16,21,27-28,30,32H,7-8,26H2,1-2H3/t9-,13-,15?,16-,21+/m0/s1. The fraction of sp³-hybridized carbons (Fsp3) is 0.360. The summed E-state index contributed by atoms with van der Waals surface area (Å²) in [6.45, 7) is 1.64. The van der Waals surface area contributed by atoms with Crippen LogP contribution in [0.15, 0.2) is 24.0 Å². The Bertz CT molecular complexity index is 1270. The first-order valence-corrected chi connectivity index (χ1v) is 11.2. The summed E-state index contributed by atoms with van der Waals surface area (Å²) in [5.74, 6) is -2.45. The molecule has 0 bridgehead atoms. The molecule has 0 spiro atoms. The number of benzene rings is 2. The zero-order valence-electron chi connectivity index (χ0n) is 19.0. The average Bonchev–Trinajstić information content (AvgIpc) is 2.82. The summed E-state index contributed by atoms with van der Waals surface area (Å²) < 4.78 is 17.0. The van der Waals surface area contributed by atoms with Gasteiger partial charge in [-0.3, -0.25) is 9.59 Å². The van der Waals surface area contributed by atoms with Gasteiger partial charge in [-0.15, -0.1) is 0 Å². The fourth-order valence-corrected chi connectivity index (χ4v) is 5.05. The third-order valence-corrected chi connectivity index (χ3v) is 6.79. The lowest BCUT2D eigenvalue weighted by Crippen LogP contribution is -2.51. The molecule has 1 fully saturated rings. The second-order valence-electron chi connectivity index (χ2n) is 8.94. The van der Waals surface area contributed by atoms with Gasteiger partial charge in [0, 0.05) is 35.6 Å². The number of ketones is 2. The number of ether oxygens (including phenoxy) is 3. The Morgan fingerprint density at radius 1 is 1.06 bits per heavy atom. The van der Waals surface area contributed by atoms with Crippen LogP contribution in [0.1, 0.15) is 68.8 Å². The second kappa shape index (κ2) is 8.35. The number of phenols is 2. The molecule has 1 unspecified atom stereocenters. The maximum absolute atomic E-state index is 13.5. The summed E-state index contributed by atoms with van der Waals surface area (Å²) in [7, 11) is 1.36. The van der Waals surface area contributed by atoms with Gasteiger partial charge in [0.2, 0.25) is 5.78 Å². The molecule has 184 valence electrons. The van der Waals surface area contributed by atoms with Gasteiger partial charge in [-0.05, 0) is 19.1 Å². The number of hydrogen-bond acceptors (Lipinski definition) is 10. The minimum absolute atomic E-state index is 0.0155. The Labute approximate surface area is 200 Å². The van der Waals surface area contributed by atoms with Crippen LogP contribution in [0.4, 0.5) is 0 Å². The van der Waals surface area contributed by atoms with Crippen LogP contribution in [-0.2, 0) is 9.47 Å². The normalized spacial score (nSPS) is 27.5. The van der Waals surface area contributed by atoms with Gasteiger partial charge in [0.25, 0.3) is 0 Å². The summed E-state index contributed by atoms with van der Waals surface area (Å²) in [6.07, 6.45) is -2.15. The van der Waals surface area contributed by atoms with Crippen LogP contribution in [0.2, 0.25) is 0 Å². The summed E-state index contributed by atoms with van der Waals surface area (Å²) in [5, 5.41) is 42.8. The average molecular weight is 483 g/mol. The molecule has 35 heavy (non-hydrogen) atoms. The van der Waals surface area contributed by atoms with Crippen molar-refractivity contribution in [3.05, 3.63) is 57.3 Å². The molecule has 6 N–H and O–H groups in total. The van der Waals surface area contributed by atoms with E-state index < -0.39 is 53.7 Å². The molecule has 1 heterocycles. The van der Waals surface area contributed by atoms with Crippen LogP contribution in [0, 0.1) is 0 Å². The van der Waals surface area contributed by atoms with Crippen LogP contribution < -0.4 is 10.5 Å². The smallest absolute Gasteiger partial charge is 0.202 e. The van der Waals surface area contributed by atoms with Gasteiger partial charge in [0.15, 0.2) is 12.1 Å². The Morgan fingerprint density at radius 3 is 2.46 bits per heavy atom. The van der Waals surface area contributed by atoms with Gasteiger partial charge < -0.3 is 40.4 Å². The molecule has 0 aromatic heterocycles. The van der Waals surface area contributed by atoms with Gasteiger partial charge in [0.1, 0.15) is 17.2 Å². The number of aromatic hydroxyl groups is 2. The molecular formula is C25H25NO9. The van der Waals surface area contributed by atoms with Crippen LogP contribution in [0.5, 0.6) is 17.2 Å². The minimum atomic E-state index is -1.03. The first-order chi connectivity index (χ1) is 16.6. The molecule has 1 saturated heterocycles. The van der Waals surface area contributed by atoms with Crippen molar-refractivity contribution in [2.24, 2.45) is 5.73 Å². The summed E-state index contributed by atoms with van der Waals surface area (Å²) in [6, 6.07) is 3.89. The number of carbonyl (C=O) groups is 2. The highest BCUT2D eigenvalue weighted by Gasteiger charge is 2.43. The molecule has 10 heteroatoms. The van der Waals surface area contributed by atoms with E-state index in [4.69, 9.17) is 19.9 Å². The molecule has 5 atom stereocenters. The molecular weight excluding hydrogens is 458 g/mol. The van der Waals surface area contributed by atoms with E-state index in [1.54, 1.807) is 13.0 Å². The van der Waals surface area contributed by atoms with E-state index in [0.717, 1.165) is 0 Å². The molecule has 2 aromatic carbocycles. The number of rotatable bonds is 3. The number of fused-ring (bicyclic) bond motifs is 3. The minimum Gasteiger partial charge on any atom is -0.512 e. The van der Waals surface area contributed by atoms with E-state index in [0.29, 0.717) is 0 Å². The van der Waals surface area contributed by atoms with Gasteiger partial charge in [-0.1, -0.05) is 12.1 Å². The predicted octanol–water partition coefficient (Wildman–Crippen LogP) is 2.07. The van der Waals surface area contributed by atoms with Crippen LogP contribution in [0.3, 0.4) is 0 Å². The summed E-state index contributed by atoms with van der Waals surface area (Å²) in [5.41, 5.74) is 5.28. The maximum Gasteiger partial charge on any atom is 0.202 e. The van der Waals surface area contributed by atoms with E-state index in [1.165, 1.54) is 25.3 Å². The lowest BCUT2D eigenvalue weighted by atomic mass is 9.78. The van der Waals surface area contributed by atoms with E-state index in [2.05, 4.69) is 0 Å². The van der Waals surface area contributed by atoms with Crippen molar-refractivity contribution in [2.75, 3.05) is 7.11 Å². The molecule has 3 aliphatic rings. The van der Waals surface area contributed by atoms with Crippen molar-refractivity contribution in [2.45, 2.75) is 50.4 Å². The lowest BCUT2D eigenvalue weighted by molar-refractivity contribution is -0.241. The summed E-state index contributed by atoms with van der Waals surface area (Å²) in [4.78, 5) is 26.8. The molecule has 0 saturated carbocycles. The molecule has 0 radical (unpaired) electrons. The van der Waals surface area contributed by atoms with Crippen LogP contribution in [-0.4, -0.2) is 63.6 Å². The first kappa shape index (κ1) is 23.3. The number of carbonyl (C=O) groups excluding carboxylic acids is 2. The highest BCUT2D eigenvalue weighted by atomic mass is 16.7. The van der Waals surface area contributed by atoms with Crippen molar-refractivity contribution < 1.29 is 44.2 Å². The topological polar surface area (TPSA) is 169 Å². The van der Waals surface area contributed by atoms with Crippen molar-refractivity contribution in [3.8, 4) is 17.2 Å². The highest BCUT2D eigenvalue weighted by molar-refractivity contribution is 6.31. The van der Waals surface area contributed by atoms with Crippen molar-refractivity contribution >= 4 is 17.6 Å². The highest BCUT2D eigenvalue weighted by Crippen LogP contribution is 2.50. The van der Waals surface area contributed by atoms with E-state index in [9.17, 15) is 30.0 Å². The van der Waals surface area contributed by atoms with Gasteiger partial charge in [-0.2, -0.15) is 0 Å². The number of aliphatic hydroxyl groups excluding tert-OH is 2. The Morgan fingerprint density at radius 2 is 1.77 bits per heavy atom. The third-order valence-electron chi connectivity index (χ3n) is 6.79. The molecule has 0 amide bonds. The predicted molar refractivity (Wildman–Crippen MR) is 122 cm³/mol. The first-order valence-electron chi connectivity index (χ1n) is 11.2. The Kier molecular flexibility index (Phi) is 5.56. The van der Waals surface area contributed by atoms with Crippen LogP contribution in [0.25, 0.3) is 6.08 Å². The van der Waals surface area contributed by atoms with E-state index in [1.807, 2.05) is 0 Å².